The first-order chi connectivity index (χ1) is 8.74. The van der Waals surface area contributed by atoms with E-state index in [4.69, 9.17) is 9.84 Å². The van der Waals surface area contributed by atoms with Gasteiger partial charge in [0.1, 0.15) is 12.4 Å². The van der Waals surface area contributed by atoms with Crippen LogP contribution < -0.4 is 4.74 Å². The van der Waals surface area contributed by atoms with Gasteiger partial charge in [0.05, 0.1) is 6.42 Å². The Hall–Kier alpha value is -2.43. The van der Waals surface area contributed by atoms with Crippen molar-refractivity contribution in [3.8, 4) is 5.75 Å². The van der Waals surface area contributed by atoms with Crippen LogP contribution in [0.25, 0.3) is 0 Å². The molecule has 0 saturated carbocycles. The summed E-state index contributed by atoms with van der Waals surface area (Å²) in [6.45, 7) is 0.291. The van der Waals surface area contributed by atoms with Gasteiger partial charge in [-0.2, -0.15) is 0 Å². The molecule has 1 N–H and O–H groups in total. The number of hydrogen-bond donors (Lipinski definition) is 1. The number of nitrogens with zero attached hydrogens (tertiary/aromatic N) is 2. The maximum atomic E-state index is 10.5. The van der Waals surface area contributed by atoms with Crippen LogP contribution in [0, 0.1) is 0 Å². The van der Waals surface area contributed by atoms with E-state index >= 15 is 0 Å². The van der Waals surface area contributed by atoms with Crippen LogP contribution in [0.3, 0.4) is 0 Å². The van der Waals surface area contributed by atoms with Crippen LogP contribution >= 0.6 is 0 Å². The number of aliphatic carboxylic acids is 1. The van der Waals surface area contributed by atoms with Gasteiger partial charge in [0.15, 0.2) is 5.82 Å². The Morgan fingerprint density at radius 1 is 1.17 bits per heavy atom. The van der Waals surface area contributed by atoms with Gasteiger partial charge >= 0.3 is 5.97 Å². The SMILES string of the molecule is O=C(O)Cc1ccc(OCc2ncccn2)cc1. The fourth-order valence-corrected chi connectivity index (χ4v) is 1.43. The zero-order valence-corrected chi connectivity index (χ0v) is 9.61. The Kier molecular flexibility index (Phi) is 3.86. The molecule has 0 amide bonds. The normalized spacial score (nSPS) is 10.0. The van der Waals surface area contributed by atoms with Crippen LogP contribution in [-0.2, 0) is 17.8 Å². The number of ether oxygens (including phenoxy) is 1. The molecule has 0 aliphatic heterocycles. The first-order valence-corrected chi connectivity index (χ1v) is 5.43. The molecule has 0 aliphatic rings. The van der Waals surface area contributed by atoms with E-state index in [2.05, 4.69) is 9.97 Å². The molecule has 0 saturated heterocycles. The summed E-state index contributed by atoms with van der Waals surface area (Å²) < 4.78 is 5.48. The van der Waals surface area contributed by atoms with Gasteiger partial charge in [0.25, 0.3) is 0 Å². The minimum absolute atomic E-state index is 0.0159. The highest BCUT2D eigenvalue weighted by atomic mass is 16.5. The molecule has 0 radical (unpaired) electrons. The minimum atomic E-state index is -0.846. The smallest absolute Gasteiger partial charge is 0.307 e. The lowest BCUT2D eigenvalue weighted by molar-refractivity contribution is -0.136. The van der Waals surface area contributed by atoms with E-state index in [9.17, 15) is 4.79 Å². The summed E-state index contributed by atoms with van der Waals surface area (Å²) in [4.78, 5) is 18.6. The molecular formula is C13H12N2O3. The molecule has 1 aromatic carbocycles. The second-order valence-electron chi connectivity index (χ2n) is 3.67. The first-order valence-electron chi connectivity index (χ1n) is 5.43. The van der Waals surface area contributed by atoms with Crippen LogP contribution in [0.5, 0.6) is 5.75 Å². The van der Waals surface area contributed by atoms with Gasteiger partial charge in [0, 0.05) is 12.4 Å². The fourth-order valence-electron chi connectivity index (χ4n) is 1.43. The van der Waals surface area contributed by atoms with Gasteiger partial charge in [0.2, 0.25) is 0 Å². The third-order valence-electron chi connectivity index (χ3n) is 2.27. The summed E-state index contributed by atoms with van der Waals surface area (Å²) in [5, 5.41) is 8.64. The van der Waals surface area contributed by atoms with Gasteiger partial charge in [-0.3, -0.25) is 4.79 Å². The average molecular weight is 244 g/mol. The molecule has 2 aromatic rings. The number of aromatic nitrogens is 2. The van der Waals surface area contributed by atoms with Crippen LogP contribution in [0.4, 0.5) is 0 Å². The fraction of sp³-hybridized carbons (Fsp3) is 0.154. The standard InChI is InChI=1S/C13H12N2O3/c16-13(17)8-10-2-4-11(5-3-10)18-9-12-14-6-1-7-15-12/h1-7H,8-9H2,(H,16,17). The van der Waals surface area contributed by atoms with Crippen molar-refractivity contribution >= 4 is 5.97 Å². The second-order valence-corrected chi connectivity index (χ2v) is 3.67. The van der Waals surface area contributed by atoms with E-state index < -0.39 is 5.97 Å². The van der Waals surface area contributed by atoms with Crippen molar-refractivity contribution in [3.05, 3.63) is 54.1 Å². The molecule has 0 unspecified atom stereocenters. The quantitative estimate of drug-likeness (QED) is 0.866. The molecule has 0 aliphatic carbocycles. The van der Waals surface area contributed by atoms with Crippen LogP contribution in [0.2, 0.25) is 0 Å². The predicted octanol–water partition coefficient (Wildman–Crippen LogP) is 1.68. The first kappa shape index (κ1) is 12.0. The van der Waals surface area contributed by atoms with E-state index in [0.29, 0.717) is 18.2 Å². The Morgan fingerprint density at radius 3 is 2.44 bits per heavy atom. The highest BCUT2D eigenvalue weighted by Crippen LogP contribution is 2.13. The van der Waals surface area contributed by atoms with Crippen molar-refractivity contribution in [2.45, 2.75) is 13.0 Å². The monoisotopic (exact) mass is 244 g/mol. The minimum Gasteiger partial charge on any atom is -0.486 e. The van der Waals surface area contributed by atoms with E-state index in [1.807, 2.05) is 0 Å². The number of rotatable bonds is 5. The van der Waals surface area contributed by atoms with Crippen molar-refractivity contribution < 1.29 is 14.6 Å². The van der Waals surface area contributed by atoms with Gasteiger partial charge in [-0.1, -0.05) is 12.1 Å². The van der Waals surface area contributed by atoms with E-state index in [-0.39, 0.29) is 6.42 Å². The van der Waals surface area contributed by atoms with Crippen molar-refractivity contribution in [2.24, 2.45) is 0 Å². The average Bonchev–Trinajstić information content (AvgIpc) is 2.38. The summed E-state index contributed by atoms with van der Waals surface area (Å²) >= 11 is 0. The summed E-state index contributed by atoms with van der Waals surface area (Å²) in [6.07, 6.45) is 3.32. The highest BCUT2D eigenvalue weighted by molar-refractivity contribution is 5.70. The van der Waals surface area contributed by atoms with Crippen molar-refractivity contribution in [1.29, 1.82) is 0 Å². The summed E-state index contributed by atoms with van der Waals surface area (Å²) in [7, 11) is 0. The number of carboxylic acid groups (broad SMARTS) is 1. The van der Waals surface area contributed by atoms with Crippen LogP contribution in [0.15, 0.2) is 42.7 Å². The molecule has 0 bridgehead atoms. The van der Waals surface area contributed by atoms with Gasteiger partial charge in [-0.15, -0.1) is 0 Å². The molecule has 0 spiro atoms. The molecule has 18 heavy (non-hydrogen) atoms. The lowest BCUT2D eigenvalue weighted by atomic mass is 10.1. The Labute approximate surface area is 104 Å². The van der Waals surface area contributed by atoms with Gasteiger partial charge < -0.3 is 9.84 Å². The molecule has 5 nitrogen and oxygen atoms in total. The largest absolute Gasteiger partial charge is 0.486 e. The van der Waals surface area contributed by atoms with Crippen molar-refractivity contribution in [2.75, 3.05) is 0 Å². The Balaban J connectivity index is 1.92. The lowest BCUT2D eigenvalue weighted by Gasteiger charge is -2.05. The number of hydrogen-bond acceptors (Lipinski definition) is 4. The molecule has 2 rings (SSSR count). The Morgan fingerprint density at radius 2 is 1.83 bits per heavy atom. The van der Waals surface area contributed by atoms with Crippen LogP contribution in [-0.4, -0.2) is 21.0 Å². The Bertz CT molecular complexity index is 512. The van der Waals surface area contributed by atoms with Crippen molar-refractivity contribution in [1.82, 2.24) is 9.97 Å². The number of carboxylic acids is 1. The molecule has 0 atom stereocenters. The van der Waals surface area contributed by atoms with Crippen LogP contribution in [0.1, 0.15) is 11.4 Å². The maximum absolute atomic E-state index is 10.5. The van der Waals surface area contributed by atoms with E-state index in [1.54, 1.807) is 42.7 Å². The number of benzene rings is 1. The van der Waals surface area contributed by atoms with E-state index in [1.165, 1.54) is 0 Å². The molecule has 1 aromatic heterocycles. The summed E-state index contributed by atoms with van der Waals surface area (Å²) in [6, 6.07) is 8.68. The predicted molar refractivity (Wildman–Crippen MR) is 64.1 cm³/mol. The molecule has 92 valence electrons. The third-order valence-corrected chi connectivity index (χ3v) is 2.27. The summed E-state index contributed by atoms with van der Waals surface area (Å²) in [5.74, 6) is 0.421. The molecular weight excluding hydrogens is 232 g/mol. The number of carbonyl (C=O) groups is 1. The topological polar surface area (TPSA) is 72.3 Å². The third kappa shape index (κ3) is 3.55. The summed E-state index contributed by atoms with van der Waals surface area (Å²) in [5.41, 5.74) is 0.741. The van der Waals surface area contributed by atoms with Gasteiger partial charge in [-0.05, 0) is 23.8 Å². The maximum Gasteiger partial charge on any atom is 0.307 e. The molecule has 5 heteroatoms. The lowest BCUT2D eigenvalue weighted by Crippen LogP contribution is -2.01. The second kappa shape index (κ2) is 5.77. The van der Waals surface area contributed by atoms with Gasteiger partial charge in [-0.25, -0.2) is 9.97 Å². The highest BCUT2D eigenvalue weighted by Gasteiger charge is 2.01. The van der Waals surface area contributed by atoms with E-state index in [0.717, 1.165) is 5.56 Å². The molecule has 1 heterocycles. The zero-order chi connectivity index (χ0) is 12.8. The molecule has 0 fully saturated rings. The van der Waals surface area contributed by atoms with Crippen molar-refractivity contribution in [3.63, 3.8) is 0 Å². The zero-order valence-electron chi connectivity index (χ0n) is 9.61.